The predicted molar refractivity (Wildman–Crippen MR) is 122 cm³/mol. The van der Waals surface area contributed by atoms with Crippen LogP contribution in [-0.2, 0) is 4.79 Å². The molecule has 3 aromatic rings. The monoisotopic (exact) mass is 470 g/mol. The number of fused-ring (bicyclic) bond motifs is 2. The average Bonchev–Trinajstić information content (AvgIpc) is 2.82. The Morgan fingerprint density at radius 3 is 2.68 bits per heavy atom. The number of nitrogens with one attached hydrogen (secondary N) is 2. The van der Waals surface area contributed by atoms with Crippen LogP contribution < -0.4 is 25.9 Å². The zero-order chi connectivity index (χ0) is 23.7. The molecule has 0 bridgehead atoms. The minimum Gasteiger partial charge on any atom is -0.466 e. The lowest BCUT2D eigenvalue weighted by atomic mass is 9.89. The molecule has 1 fully saturated rings. The van der Waals surface area contributed by atoms with Gasteiger partial charge >= 0.3 is 5.63 Å². The topological polar surface area (TPSA) is 96.7 Å². The van der Waals surface area contributed by atoms with E-state index < -0.39 is 17.3 Å². The van der Waals surface area contributed by atoms with Crippen molar-refractivity contribution in [3.63, 3.8) is 0 Å². The summed E-state index contributed by atoms with van der Waals surface area (Å²) in [4.78, 5) is 29.9. The number of amides is 1. The number of carbonyl (C=O) groups excluding carboxylic acids is 1. The summed E-state index contributed by atoms with van der Waals surface area (Å²) in [6.07, 6.45) is 4.35. The molecule has 1 amide bonds. The van der Waals surface area contributed by atoms with Crippen molar-refractivity contribution in [1.82, 2.24) is 10.3 Å². The highest BCUT2D eigenvalue weighted by Crippen LogP contribution is 2.35. The van der Waals surface area contributed by atoms with Crippen LogP contribution in [0.3, 0.4) is 0 Å². The molecule has 1 aliphatic carbocycles. The van der Waals surface area contributed by atoms with Gasteiger partial charge in [-0.15, -0.1) is 0 Å². The van der Waals surface area contributed by atoms with E-state index in [1.807, 2.05) is 0 Å². The Kier molecular flexibility index (Phi) is 6.14. The molecule has 0 saturated heterocycles. The van der Waals surface area contributed by atoms with E-state index in [0.29, 0.717) is 35.4 Å². The van der Waals surface area contributed by atoms with Crippen LogP contribution in [0, 0.1) is 11.6 Å². The summed E-state index contributed by atoms with van der Waals surface area (Å²) in [6.45, 7) is 1.09. The number of ether oxygens (including phenoxy) is 1. The predicted octanol–water partition coefficient (Wildman–Crippen LogP) is 3.20. The fourth-order valence-corrected chi connectivity index (χ4v) is 4.73. The smallest absolute Gasteiger partial charge is 0.338 e. The van der Waals surface area contributed by atoms with Gasteiger partial charge in [0.2, 0.25) is 5.88 Å². The van der Waals surface area contributed by atoms with E-state index in [9.17, 15) is 18.4 Å². The first-order valence-corrected chi connectivity index (χ1v) is 11.3. The lowest BCUT2D eigenvalue weighted by Crippen LogP contribution is -2.49. The van der Waals surface area contributed by atoms with Crippen molar-refractivity contribution in [1.29, 1.82) is 0 Å². The Bertz CT molecular complexity index is 1270. The largest absolute Gasteiger partial charge is 0.466 e. The van der Waals surface area contributed by atoms with Crippen molar-refractivity contribution in [3.05, 3.63) is 58.6 Å². The summed E-state index contributed by atoms with van der Waals surface area (Å²) >= 11 is 0. The molecule has 0 radical (unpaired) electrons. The van der Waals surface area contributed by atoms with Crippen LogP contribution in [0.25, 0.3) is 11.0 Å². The highest BCUT2D eigenvalue weighted by Gasteiger charge is 2.35. The number of anilines is 2. The molecule has 5 rings (SSSR count). The van der Waals surface area contributed by atoms with Gasteiger partial charge in [-0.25, -0.2) is 18.6 Å². The Morgan fingerprint density at radius 1 is 1.03 bits per heavy atom. The number of carbonyl (C=O) groups is 1. The molecular formula is C24H24F2N4O4. The van der Waals surface area contributed by atoms with Crippen molar-refractivity contribution in [2.24, 2.45) is 0 Å². The molecule has 0 atom stereocenters. The van der Waals surface area contributed by atoms with Gasteiger partial charge in [-0.3, -0.25) is 4.79 Å². The Balaban J connectivity index is 1.15. The fourth-order valence-electron chi connectivity index (χ4n) is 4.73. The lowest BCUT2D eigenvalue weighted by Gasteiger charge is -2.39. The van der Waals surface area contributed by atoms with Gasteiger partial charge in [0.15, 0.2) is 6.61 Å². The number of benzene rings is 1. The van der Waals surface area contributed by atoms with E-state index in [1.54, 1.807) is 4.90 Å². The maximum atomic E-state index is 13.7. The molecule has 1 aromatic carbocycles. The van der Waals surface area contributed by atoms with Gasteiger partial charge in [-0.1, -0.05) is 0 Å². The first kappa shape index (κ1) is 22.3. The highest BCUT2D eigenvalue weighted by atomic mass is 19.1. The number of aromatic nitrogens is 1. The summed E-state index contributed by atoms with van der Waals surface area (Å²) in [5.74, 6) is -0.804. The molecule has 34 heavy (non-hydrogen) atoms. The summed E-state index contributed by atoms with van der Waals surface area (Å²) in [7, 11) is 0. The highest BCUT2D eigenvalue weighted by molar-refractivity contribution is 5.98. The molecule has 2 aliphatic rings. The van der Waals surface area contributed by atoms with Crippen LogP contribution in [0.5, 0.6) is 5.88 Å². The number of hydrogen-bond donors (Lipinski definition) is 2. The van der Waals surface area contributed by atoms with Gasteiger partial charge in [0, 0.05) is 42.7 Å². The molecule has 3 heterocycles. The quantitative estimate of drug-likeness (QED) is 0.422. The van der Waals surface area contributed by atoms with E-state index >= 15 is 0 Å². The van der Waals surface area contributed by atoms with E-state index in [4.69, 9.17) is 9.15 Å². The molecule has 2 N–H and O–H groups in total. The standard InChI is InChI=1S/C24H24F2N4O4/c25-14-1-6-21-18(9-14)19(11-23(32)34-21)28-8-7-27-16-2-4-17(5-3-16)30-20-10-15(26)12-29-24(20)33-13-22(30)31/h1,6,9-12,16-17,27-28H,2-5,7-8,13H2. The summed E-state index contributed by atoms with van der Waals surface area (Å²) in [6, 6.07) is 6.90. The van der Waals surface area contributed by atoms with Crippen molar-refractivity contribution in [2.45, 2.75) is 37.8 Å². The van der Waals surface area contributed by atoms with Crippen LogP contribution in [0.1, 0.15) is 25.7 Å². The molecule has 1 saturated carbocycles. The van der Waals surface area contributed by atoms with Gasteiger partial charge in [-0.05, 0) is 43.9 Å². The zero-order valence-electron chi connectivity index (χ0n) is 18.4. The Labute approximate surface area is 193 Å². The molecule has 1 aliphatic heterocycles. The summed E-state index contributed by atoms with van der Waals surface area (Å²) in [5, 5.41) is 7.18. The SMILES string of the molecule is O=C1COc2ncc(F)cc2N1C1CCC(NCCNc2cc(=O)oc3ccc(F)cc23)CC1. The second kappa shape index (κ2) is 9.38. The maximum absolute atomic E-state index is 13.7. The van der Waals surface area contributed by atoms with Gasteiger partial charge in [0.25, 0.3) is 5.91 Å². The van der Waals surface area contributed by atoms with Crippen molar-refractivity contribution in [2.75, 3.05) is 29.9 Å². The molecular weight excluding hydrogens is 446 g/mol. The van der Waals surface area contributed by atoms with Crippen LogP contribution in [0.15, 0.2) is 45.7 Å². The van der Waals surface area contributed by atoms with E-state index in [0.717, 1.165) is 31.9 Å². The number of nitrogens with zero attached hydrogens (tertiary/aromatic N) is 2. The third-order valence-electron chi connectivity index (χ3n) is 6.30. The third-order valence-corrected chi connectivity index (χ3v) is 6.30. The van der Waals surface area contributed by atoms with Crippen LogP contribution in [0.2, 0.25) is 0 Å². The summed E-state index contributed by atoms with van der Waals surface area (Å²) in [5.41, 5.74) is 0.758. The average molecular weight is 470 g/mol. The molecule has 0 spiro atoms. The second-order valence-electron chi connectivity index (χ2n) is 8.54. The van der Waals surface area contributed by atoms with Gasteiger partial charge in [-0.2, -0.15) is 0 Å². The van der Waals surface area contributed by atoms with Crippen molar-refractivity contribution < 1.29 is 22.7 Å². The van der Waals surface area contributed by atoms with Gasteiger partial charge in [0.1, 0.15) is 22.9 Å². The van der Waals surface area contributed by atoms with Crippen LogP contribution in [0.4, 0.5) is 20.2 Å². The number of pyridine rings is 1. The normalized spacial score (nSPS) is 20.2. The minimum atomic E-state index is -0.503. The zero-order valence-corrected chi connectivity index (χ0v) is 18.4. The third kappa shape index (κ3) is 4.58. The summed E-state index contributed by atoms with van der Waals surface area (Å²) < 4.78 is 37.8. The Morgan fingerprint density at radius 2 is 1.85 bits per heavy atom. The van der Waals surface area contributed by atoms with E-state index in [-0.39, 0.29) is 30.5 Å². The molecule has 178 valence electrons. The first-order chi connectivity index (χ1) is 16.5. The minimum absolute atomic E-state index is 0.0280. The number of rotatable bonds is 6. The van der Waals surface area contributed by atoms with Crippen molar-refractivity contribution in [3.8, 4) is 5.88 Å². The van der Waals surface area contributed by atoms with Crippen LogP contribution in [-0.4, -0.2) is 42.7 Å². The van der Waals surface area contributed by atoms with Gasteiger partial charge < -0.3 is 24.7 Å². The van der Waals surface area contributed by atoms with E-state index in [1.165, 1.54) is 30.3 Å². The molecule has 8 nitrogen and oxygen atoms in total. The van der Waals surface area contributed by atoms with Crippen LogP contribution >= 0.6 is 0 Å². The molecule has 0 unspecified atom stereocenters. The number of halogens is 2. The molecule has 10 heteroatoms. The fraction of sp³-hybridized carbons (Fsp3) is 0.375. The second-order valence-corrected chi connectivity index (χ2v) is 8.54. The van der Waals surface area contributed by atoms with E-state index in [2.05, 4.69) is 15.6 Å². The van der Waals surface area contributed by atoms with Crippen molar-refractivity contribution >= 4 is 28.3 Å². The Hall–Kier alpha value is -3.53. The number of hydrogen-bond acceptors (Lipinski definition) is 7. The molecule has 2 aromatic heterocycles. The maximum Gasteiger partial charge on any atom is 0.338 e. The first-order valence-electron chi connectivity index (χ1n) is 11.3. The van der Waals surface area contributed by atoms with Gasteiger partial charge in [0.05, 0.1) is 11.9 Å². The lowest BCUT2D eigenvalue weighted by molar-refractivity contribution is -0.122.